The van der Waals surface area contributed by atoms with E-state index in [1.54, 1.807) is 30.3 Å². The molecule has 0 fully saturated rings. The average Bonchev–Trinajstić information content (AvgIpc) is 2.70. The summed E-state index contributed by atoms with van der Waals surface area (Å²) in [6.45, 7) is 4.26. The van der Waals surface area contributed by atoms with Crippen molar-refractivity contribution in [1.82, 2.24) is 10.6 Å². The minimum absolute atomic E-state index is 0.0804. The number of guanidine groups is 1. The van der Waals surface area contributed by atoms with E-state index in [9.17, 15) is 8.42 Å². The van der Waals surface area contributed by atoms with Crippen LogP contribution in [0.3, 0.4) is 0 Å². The number of nitrogens with zero attached hydrogens (tertiary/aromatic N) is 1. The van der Waals surface area contributed by atoms with Gasteiger partial charge in [0.25, 0.3) is 0 Å². The molecule has 0 heterocycles. The summed E-state index contributed by atoms with van der Waals surface area (Å²) in [6, 6.07) is 18.1. The fourth-order valence-corrected chi connectivity index (χ4v) is 3.70. The Hall–Kier alpha value is -2.54. The number of rotatable bonds is 10. The van der Waals surface area contributed by atoms with Crippen molar-refractivity contribution in [3.63, 3.8) is 0 Å². The molecule has 146 valence electrons. The van der Waals surface area contributed by atoms with E-state index in [1.807, 2.05) is 37.3 Å². The van der Waals surface area contributed by atoms with Crippen LogP contribution in [-0.4, -0.2) is 46.4 Å². The maximum absolute atomic E-state index is 12.3. The first-order valence-corrected chi connectivity index (χ1v) is 10.7. The Morgan fingerprint density at radius 3 is 2.33 bits per heavy atom. The van der Waals surface area contributed by atoms with E-state index < -0.39 is 9.84 Å². The Balaban J connectivity index is 1.74. The van der Waals surface area contributed by atoms with E-state index in [4.69, 9.17) is 4.74 Å². The summed E-state index contributed by atoms with van der Waals surface area (Å²) in [4.78, 5) is 4.79. The summed E-state index contributed by atoms with van der Waals surface area (Å²) in [6.07, 6.45) is 0.467. The zero-order valence-corrected chi connectivity index (χ0v) is 16.4. The molecule has 2 aromatic carbocycles. The molecular weight excluding hydrogens is 362 g/mol. The molecule has 0 aromatic heterocycles. The van der Waals surface area contributed by atoms with Crippen molar-refractivity contribution < 1.29 is 13.2 Å². The van der Waals surface area contributed by atoms with E-state index in [-0.39, 0.29) is 5.75 Å². The zero-order chi connectivity index (χ0) is 19.4. The number of para-hydroxylation sites is 1. The van der Waals surface area contributed by atoms with Crippen LogP contribution in [0.25, 0.3) is 0 Å². The molecule has 2 N–H and O–H groups in total. The van der Waals surface area contributed by atoms with Gasteiger partial charge in [0, 0.05) is 13.1 Å². The average molecular weight is 390 g/mol. The molecule has 0 atom stereocenters. The van der Waals surface area contributed by atoms with Crippen LogP contribution in [0.15, 0.2) is 70.6 Å². The second kappa shape index (κ2) is 11.2. The zero-order valence-electron chi connectivity index (χ0n) is 15.6. The molecule has 0 saturated carbocycles. The third kappa shape index (κ3) is 7.70. The highest BCUT2D eigenvalue weighted by molar-refractivity contribution is 7.91. The first kappa shape index (κ1) is 20.8. The molecule has 27 heavy (non-hydrogen) atoms. The molecule has 0 amide bonds. The molecule has 0 spiro atoms. The van der Waals surface area contributed by atoms with Gasteiger partial charge >= 0.3 is 0 Å². The molecule has 0 aliphatic carbocycles. The molecule has 0 radical (unpaired) electrons. The highest BCUT2D eigenvalue weighted by Gasteiger charge is 2.12. The maximum atomic E-state index is 12.3. The Labute approximate surface area is 161 Å². The Bertz CT molecular complexity index is 794. The molecule has 2 aromatic rings. The number of hydrogen-bond acceptors (Lipinski definition) is 4. The second-order valence-corrected chi connectivity index (χ2v) is 7.94. The first-order chi connectivity index (χ1) is 13.1. The first-order valence-electron chi connectivity index (χ1n) is 9.09. The third-order valence-electron chi connectivity index (χ3n) is 3.69. The summed E-state index contributed by atoms with van der Waals surface area (Å²) in [5.41, 5.74) is 0. The van der Waals surface area contributed by atoms with Crippen LogP contribution >= 0.6 is 0 Å². The predicted molar refractivity (Wildman–Crippen MR) is 109 cm³/mol. The van der Waals surface area contributed by atoms with Crippen molar-refractivity contribution in [2.24, 2.45) is 4.99 Å². The predicted octanol–water partition coefficient (Wildman–Crippen LogP) is 2.48. The summed E-state index contributed by atoms with van der Waals surface area (Å²) in [5, 5.41) is 6.33. The van der Waals surface area contributed by atoms with Crippen molar-refractivity contribution in [2.45, 2.75) is 18.2 Å². The van der Waals surface area contributed by atoms with Crippen LogP contribution in [0.5, 0.6) is 5.75 Å². The van der Waals surface area contributed by atoms with Crippen LogP contribution in [0.1, 0.15) is 13.3 Å². The van der Waals surface area contributed by atoms with E-state index in [0.717, 1.165) is 12.3 Å². The lowest BCUT2D eigenvalue weighted by Gasteiger charge is -2.12. The molecule has 7 heteroatoms. The van der Waals surface area contributed by atoms with Gasteiger partial charge in [-0.15, -0.1) is 0 Å². The van der Waals surface area contributed by atoms with Gasteiger partial charge in [-0.05, 0) is 37.6 Å². The number of benzene rings is 2. The lowest BCUT2D eigenvalue weighted by Crippen LogP contribution is -2.39. The van der Waals surface area contributed by atoms with Crippen LogP contribution < -0.4 is 15.4 Å². The van der Waals surface area contributed by atoms with Gasteiger partial charge in [-0.1, -0.05) is 36.4 Å². The number of nitrogens with one attached hydrogen (secondary N) is 2. The Kier molecular flexibility index (Phi) is 8.64. The normalized spacial score (nSPS) is 11.8. The molecule has 6 nitrogen and oxygen atoms in total. The largest absolute Gasteiger partial charge is 0.492 e. The van der Waals surface area contributed by atoms with Gasteiger partial charge in [-0.2, -0.15) is 0 Å². The molecule has 0 unspecified atom stereocenters. The van der Waals surface area contributed by atoms with Crippen molar-refractivity contribution >= 4 is 15.8 Å². The fraction of sp³-hybridized carbons (Fsp3) is 0.350. The van der Waals surface area contributed by atoms with Gasteiger partial charge in [0.1, 0.15) is 12.4 Å². The van der Waals surface area contributed by atoms with Gasteiger partial charge in [0.05, 0.1) is 17.2 Å². The van der Waals surface area contributed by atoms with Crippen molar-refractivity contribution in [2.75, 3.05) is 32.0 Å². The molecular formula is C20H27N3O3S. The van der Waals surface area contributed by atoms with Crippen LogP contribution in [0.2, 0.25) is 0 Å². The smallest absolute Gasteiger partial charge is 0.191 e. The van der Waals surface area contributed by atoms with Crippen molar-refractivity contribution in [1.29, 1.82) is 0 Å². The highest BCUT2D eigenvalue weighted by Crippen LogP contribution is 2.11. The SMILES string of the molecule is CCNC(=NCCCS(=O)(=O)c1ccccc1)NCCOc1ccccc1. The molecule has 0 aliphatic rings. The quantitative estimate of drug-likeness (QED) is 0.371. The van der Waals surface area contributed by atoms with Gasteiger partial charge in [0.15, 0.2) is 15.8 Å². The van der Waals surface area contributed by atoms with E-state index in [0.29, 0.717) is 37.0 Å². The molecule has 0 bridgehead atoms. The number of aliphatic imine (C=N–C) groups is 1. The van der Waals surface area contributed by atoms with E-state index in [1.165, 1.54) is 0 Å². The lowest BCUT2D eigenvalue weighted by atomic mass is 10.3. The van der Waals surface area contributed by atoms with Gasteiger partial charge in [-0.3, -0.25) is 4.99 Å². The van der Waals surface area contributed by atoms with E-state index >= 15 is 0 Å². The van der Waals surface area contributed by atoms with Crippen LogP contribution in [0.4, 0.5) is 0 Å². The number of ether oxygens (including phenoxy) is 1. The van der Waals surface area contributed by atoms with Crippen LogP contribution in [-0.2, 0) is 9.84 Å². The van der Waals surface area contributed by atoms with Crippen LogP contribution in [0, 0.1) is 0 Å². The minimum Gasteiger partial charge on any atom is -0.492 e. The highest BCUT2D eigenvalue weighted by atomic mass is 32.2. The second-order valence-electron chi connectivity index (χ2n) is 5.83. The van der Waals surface area contributed by atoms with Gasteiger partial charge in [0.2, 0.25) is 0 Å². The van der Waals surface area contributed by atoms with Crippen molar-refractivity contribution in [3.05, 3.63) is 60.7 Å². The summed E-state index contributed by atoms with van der Waals surface area (Å²) in [5.74, 6) is 1.57. The summed E-state index contributed by atoms with van der Waals surface area (Å²) < 4.78 is 30.1. The Morgan fingerprint density at radius 2 is 1.67 bits per heavy atom. The summed E-state index contributed by atoms with van der Waals surface area (Å²) >= 11 is 0. The standard InChI is InChI=1S/C20H27N3O3S/c1-2-21-20(23-15-16-26-18-10-5-3-6-11-18)22-14-9-17-27(24,25)19-12-7-4-8-13-19/h3-8,10-13H,2,9,14-17H2,1H3,(H2,21,22,23). The van der Waals surface area contributed by atoms with Crippen molar-refractivity contribution in [3.8, 4) is 5.75 Å². The third-order valence-corrected chi connectivity index (χ3v) is 5.51. The maximum Gasteiger partial charge on any atom is 0.191 e. The number of hydrogen-bond donors (Lipinski definition) is 2. The fourth-order valence-electron chi connectivity index (χ4n) is 2.39. The van der Waals surface area contributed by atoms with Gasteiger partial charge < -0.3 is 15.4 Å². The number of sulfone groups is 1. The van der Waals surface area contributed by atoms with Gasteiger partial charge in [-0.25, -0.2) is 8.42 Å². The molecule has 2 rings (SSSR count). The Morgan fingerprint density at radius 1 is 1.00 bits per heavy atom. The molecule has 0 saturated heterocycles. The minimum atomic E-state index is -3.25. The monoisotopic (exact) mass is 389 g/mol. The molecule has 0 aliphatic heterocycles. The topological polar surface area (TPSA) is 79.8 Å². The lowest BCUT2D eigenvalue weighted by molar-refractivity contribution is 0.322. The van der Waals surface area contributed by atoms with E-state index in [2.05, 4.69) is 15.6 Å². The summed E-state index contributed by atoms with van der Waals surface area (Å²) in [7, 11) is -3.25.